The maximum absolute atomic E-state index is 11.6. The Morgan fingerprint density at radius 2 is 2.19 bits per heavy atom. The SMILES string of the molecule is COC(=O)CCCCNC(=O)NC(C)CCc1ccco1. The van der Waals surface area contributed by atoms with Crippen LogP contribution >= 0.6 is 0 Å². The number of carbonyl (C=O) groups excluding carboxylic acids is 2. The number of aryl methyl sites for hydroxylation is 1. The minimum absolute atomic E-state index is 0.0742. The highest BCUT2D eigenvalue weighted by Gasteiger charge is 2.08. The number of ether oxygens (including phenoxy) is 1. The number of hydrogen-bond donors (Lipinski definition) is 2. The number of esters is 1. The zero-order valence-corrected chi connectivity index (χ0v) is 12.7. The Bertz CT molecular complexity index is 417. The lowest BCUT2D eigenvalue weighted by atomic mass is 10.1. The van der Waals surface area contributed by atoms with E-state index in [0.29, 0.717) is 19.4 Å². The fourth-order valence-corrected chi connectivity index (χ4v) is 1.86. The van der Waals surface area contributed by atoms with Gasteiger partial charge >= 0.3 is 12.0 Å². The lowest BCUT2D eigenvalue weighted by molar-refractivity contribution is -0.140. The van der Waals surface area contributed by atoms with Crippen LogP contribution in [0.5, 0.6) is 0 Å². The normalized spacial score (nSPS) is 11.7. The van der Waals surface area contributed by atoms with Crippen molar-refractivity contribution in [2.75, 3.05) is 13.7 Å². The minimum atomic E-state index is -0.217. The number of hydrogen-bond acceptors (Lipinski definition) is 4. The average Bonchev–Trinajstić information content (AvgIpc) is 2.97. The second kappa shape index (κ2) is 9.85. The van der Waals surface area contributed by atoms with Gasteiger partial charge in [0.15, 0.2) is 0 Å². The molecule has 1 unspecified atom stereocenters. The van der Waals surface area contributed by atoms with E-state index in [1.165, 1.54) is 7.11 Å². The van der Waals surface area contributed by atoms with E-state index in [9.17, 15) is 9.59 Å². The third-order valence-corrected chi connectivity index (χ3v) is 3.10. The number of rotatable bonds is 9. The van der Waals surface area contributed by atoms with Gasteiger partial charge in [-0.25, -0.2) is 4.79 Å². The largest absolute Gasteiger partial charge is 0.469 e. The van der Waals surface area contributed by atoms with Crippen molar-refractivity contribution in [3.63, 3.8) is 0 Å². The van der Waals surface area contributed by atoms with Crippen LogP contribution in [0.15, 0.2) is 22.8 Å². The molecule has 6 nitrogen and oxygen atoms in total. The lowest BCUT2D eigenvalue weighted by Crippen LogP contribution is -2.41. The highest BCUT2D eigenvalue weighted by molar-refractivity contribution is 5.74. The topological polar surface area (TPSA) is 80.6 Å². The van der Waals surface area contributed by atoms with Crippen LogP contribution < -0.4 is 10.6 Å². The van der Waals surface area contributed by atoms with E-state index in [-0.39, 0.29) is 18.0 Å². The molecule has 1 aromatic rings. The van der Waals surface area contributed by atoms with E-state index in [4.69, 9.17) is 4.42 Å². The van der Waals surface area contributed by atoms with Crippen LogP contribution in [0.4, 0.5) is 4.79 Å². The molecule has 1 rings (SSSR count). The van der Waals surface area contributed by atoms with Crippen molar-refractivity contribution in [2.24, 2.45) is 0 Å². The molecule has 1 aromatic heterocycles. The third-order valence-electron chi connectivity index (χ3n) is 3.10. The van der Waals surface area contributed by atoms with E-state index in [2.05, 4.69) is 15.4 Å². The molecule has 0 spiro atoms. The molecular formula is C15H24N2O4. The summed E-state index contributed by atoms with van der Waals surface area (Å²) in [6.07, 6.45) is 5.12. The molecular weight excluding hydrogens is 272 g/mol. The van der Waals surface area contributed by atoms with Gasteiger partial charge in [0.2, 0.25) is 0 Å². The van der Waals surface area contributed by atoms with Gasteiger partial charge in [0.25, 0.3) is 0 Å². The summed E-state index contributed by atoms with van der Waals surface area (Å²) in [5.74, 6) is 0.706. The van der Waals surface area contributed by atoms with E-state index >= 15 is 0 Å². The first kappa shape index (κ1) is 17.1. The second-order valence-electron chi connectivity index (χ2n) is 4.95. The molecule has 0 aliphatic carbocycles. The Hall–Kier alpha value is -1.98. The summed E-state index contributed by atoms with van der Waals surface area (Å²) in [6, 6.07) is 3.67. The molecule has 0 aromatic carbocycles. The van der Waals surface area contributed by atoms with Gasteiger partial charge in [-0.05, 0) is 38.3 Å². The van der Waals surface area contributed by atoms with Crippen molar-refractivity contribution in [1.29, 1.82) is 0 Å². The number of carbonyl (C=O) groups is 2. The summed E-state index contributed by atoms with van der Waals surface area (Å²) in [6.45, 7) is 2.51. The predicted octanol–water partition coefficient (Wildman–Crippen LogP) is 2.24. The highest BCUT2D eigenvalue weighted by Crippen LogP contribution is 2.05. The monoisotopic (exact) mass is 296 g/mol. The Morgan fingerprint density at radius 1 is 1.38 bits per heavy atom. The molecule has 0 bridgehead atoms. The van der Waals surface area contributed by atoms with Gasteiger partial charge < -0.3 is 19.8 Å². The standard InChI is InChI=1S/C15H24N2O4/c1-12(8-9-13-6-5-11-21-13)17-15(19)16-10-4-3-7-14(18)20-2/h5-6,11-12H,3-4,7-10H2,1-2H3,(H2,16,17,19). The molecule has 1 atom stereocenters. The lowest BCUT2D eigenvalue weighted by Gasteiger charge is -2.14. The molecule has 1 heterocycles. The Balaban J connectivity index is 2.03. The molecule has 0 aliphatic rings. The van der Waals surface area contributed by atoms with Gasteiger partial charge in [-0.3, -0.25) is 4.79 Å². The quantitative estimate of drug-likeness (QED) is 0.541. The van der Waals surface area contributed by atoms with Crippen molar-refractivity contribution < 1.29 is 18.7 Å². The fourth-order valence-electron chi connectivity index (χ4n) is 1.86. The summed E-state index contributed by atoms with van der Waals surface area (Å²) in [5, 5.41) is 5.64. The van der Waals surface area contributed by atoms with Crippen molar-refractivity contribution in [3.8, 4) is 0 Å². The van der Waals surface area contributed by atoms with Gasteiger partial charge in [0, 0.05) is 25.4 Å². The number of urea groups is 1. The first-order valence-corrected chi connectivity index (χ1v) is 7.25. The van der Waals surface area contributed by atoms with Crippen LogP contribution in [0.2, 0.25) is 0 Å². The van der Waals surface area contributed by atoms with Gasteiger partial charge in [-0.1, -0.05) is 0 Å². The number of methoxy groups -OCH3 is 1. The Labute approximate surface area is 125 Å². The summed E-state index contributed by atoms with van der Waals surface area (Å²) in [4.78, 5) is 22.5. The van der Waals surface area contributed by atoms with Crippen molar-refractivity contribution in [2.45, 2.75) is 45.1 Å². The molecule has 0 radical (unpaired) electrons. The number of furan rings is 1. The molecule has 0 aliphatic heterocycles. The maximum Gasteiger partial charge on any atom is 0.314 e. The molecule has 2 amide bonds. The van der Waals surface area contributed by atoms with Crippen LogP contribution in [0.3, 0.4) is 0 Å². The highest BCUT2D eigenvalue weighted by atomic mass is 16.5. The predicted molar refractivity (Wildman–Crippen MR) is 78.9 cm³/mol. The van der Waals surface area contributed by atoms with Crippen molar-refractivity contribution in [1.82, 2.24) is 10.6 Å². The summed E-state index contributed by atoms with van der Waals surface area (Å²) >= 11 is 0. The first-order valence-electron chi connectivity index (χ1n) is 7.25. The van der Waals surface area contributed by atoms with Crippen LogP contribution in [-0.4, -0.2) is 31.7 Å². The molecule has 118 valence electrons. The third kappa shape index (κ3) is 8.02. The number of nitrogens with one attached hydrogen (secondary N) is 2. The number of unbranched alkanes of at least 4 members (excludes halogenated alkanes) is 1. The first-order chi connectivity index (χ1) is 10.1. The average molecular weight is 296 g/mol. The van der Waals surface area contributed by atoms with E-state index in [1.54, 1.807) is 6.26 Å². The zero-order valence-electron chi connectivity index (χ0n) is 12.7. The molecule has 21 heavy (non-hydrogen) atoms. The Morgan fingerprint density at radius 3 is 2.86 bits per heavy atom. The zero-order chi connectivity index (χ0) is 15.5. The minimum Gasteiger partial charge on any atom is -0.469 e. The second-order valence-corrected chi connectivity index (χ2v) is 4.95. The van der Waals surface area contributed by atoms with Gasteiger partial charge in [-0.15, -0.1) is 0 Å². The molecule has 2 N–H and O–H groups in total. The number of amides is 2. The van der Waals surface area contributed by atoms with Crippen LogP contribution in [0, 0.1) is 0 Å². The molecule has 0 saturated heterocycles. The van der Waals surface area contributed by atoms with Gasteiger partial charge in [-0.2, -0.15) is 0 Å². The summed E-state index contributed by atoms with van der Waals surface area (Å²) < 4.78 is 9.78. The van der Waals surface area contributed by atoms with E-state index < -0.39 is 0 Å². The van der Waals surface area contributed by atoms with Crippen LogP contribution in [0.25, 0.3) is 0 Å². The van der Waals surface area contributed by atoms with Crippen molar-refractivity contribution >= 4 is 12.0 Å². The smallest absolute Gasteiger partial charge is 0.314 e. The molecule has 0 fully saturated rings. The molecule has 6 heteroatoms. The maximum atomic E-state index is 11.6. The van der Waals surface area contributed by atoms with E-state index in [0.717, 1.165) is 25.0 Å². The molecule has 0 saturated carbocycles. The van der Waals surface area contributed by atoms with Crippen molar-refractivity contribution in [3.05, 3.63) is 24.2 Å². The van der Waals surface area contributed by atoms with Crippen LogP contribution in [-0.2, 0) is 16.0 Å². The Kier molecular flexibility index (Phi) is 8.01. The van der Waals surface area contributed by atoms with Gasteiger partial charge in [0.1, 0.15) is 5.76 Å². The fraction of sp³-hybridized carbons (Fsp3) is 0.600. The van der Waals surface area contributed by atoms with Crippen LogP contribution in [0.1, 0.15) is 38.4 Å². The van der Waals surface area contributed by atoms with Gasteiger partial charge in [0.05, 0.1) is 13.4 Å². The summed E-state index contributed by atoms with van der Waals surface area (Å²) in [5.41, 5.74) is 0. The van der Waals surface area contributed by atoms with E-state index in [1.807, 2.05) is 19.1 Å². The summed E-state index contributed by atoms with van der Waals surface area (Å²) in [7, 11) is 1.37.